The van der Waals surface area contributed by atoms with Crippen molar-refractivity contribution in [2.24, 2.45) is 0 Å². The normalized spacial score (nSPS) is 17.3. The Morgan fingerprint density at radius 1 is 1.20 bits per heavy atom. The van der Waals surface area contributed by atoms with Crippen LogP contribution in [0.2, 0.25) is 5.02 Å². The monoisotopic (exact) mass is 610 g/mol. The first-order chi connectivity index (χ1) is 19.3. The van der Waals surface area contributed by atoms with Gasteiger partial charge in [0.2, 0.25) is 27.8 Å². The quantitative estimate of drug-likeness (QED) is 0.353. The van der Waals surface area contributed by atoms with Gasteiger partial charge >= 0.3 is 0 Å². The minimum atomic E-state index is -3.66. The highest BCUT2D eigenvalue weighted by Crippen LogP contribution is 2.28. The number of Topliss-reactive ketones (excluding diaryl/α,β-unsaturated/α-hetero) is 1. The number of carbonyl (C=O) groups excluding carboxylic acids is 3. The third-order valence-electron chi connectivity index (χ3n) is 6.83. The molecule has 1 aromatic heterocycles. The van der Waals surface area contributed by atoms with Crippen molar-refractivity contribution in [3.05, 3.63) is 64.6 Å². The average molecular weight is 611 g/mol. The van der Waals surface area contributed by atoms with E-state index in [-0.39, 0.29) is 48.2 Å². The Kier molecular flexibility index (Phi) is 9.00. The number of alkyl halides is 1. The van der Waals surface area contributed by atoms with Crippen LogP contribution in [-0.4, -0.2) is 78.6 Å². The number of fused-ring (bicyclic) bond motifs is 1. The highest BCUT2D eigenvalue weighted by molar-refractivity contribution is 7.88. The number of halogens is 3. The zero-order chi connectivity index (χ0) is 30.1. The van der Waals surface area contributed by atoms with Gasteiger partial charge in [0.25, 0.3) is 0 Å². The molecule has 2 atom stereocenters. The number of benzene rings is 2. The van der Waals surface area contributed by atoms with E-state index in [1.54, 1.807) is 6.07 Å². The molecular formula is C27H29ClF2N4O6S. The van der Waals surface area contributed by atoms with Crippen molar-refractivity contribution < 1.29 is 36.3 Å². The van der Waals surface area contributed by atoms with Crippen LogP contribution in [0, 0.1) is 5.82 Å². The van der Waals surface area contributed by atoms with Crippen molar-refractivity contribution in [3.8, 4) is 5.75 Å². The molecule has 10 nitrogen and oxygen atoms in total. The van der Waals surface area contributed by atoms with E-state index in [1.807, 2.05) is 0 Å². The number of hydrogen-bond acceptors (Lipinski definition) is 6. The number of sulfonamides is 1. The van der Waals surface area contributed by atoms with Gasteiger partial charge in [0.15, 0.2) is 5.78 Å². The molecular weight excluding hydrogens is 582 g/mol. The molecule has 0 aliphatic carbocycles. The zero-order valence-electron chi connectivity index (χ0n) is 22.6. The predicted octanol–water partition coefficient (Wildman–Crippen LogP) is 3.12. The summed E-state index contributed by atoms with van der Waals surface area (Å²) >= 11 is 5.79. The third-order valence-corrected chi connectivity index (χ3v) is 8.65. The second-order valence-corrected chi connectivity index (χ2v) is 12.4. The number of carbonyl (C=O) groups is 3. The summed E-state index contributed by atoms with van der Waals surface area (Å²) in [6.45, 7) is 0.532. The topological polar surface area (TPSA) is 118 Å². The summed E-state index contributed by atoms with van der Waals surface area (Å²) in [5.41, 5.74) is 0.880. The Labute approximate surface area is 240 Å². The van der Waals surface area contributed by atoms with E-state index in [1.165, 1.54) is 62.1 Å². The second kappa shape index (κ2) is 12.1. The van der Waals surface area contributed by atoms with Crippen LogP contribution in [-0.2, 0) is 32.7 Å². The molecule has 1 N–H and O–H groups in total. The lowest BCUT2D eigenvalue weighted by Gasteiger charge is -2.24. The van der Waals surface area contributed by atoms with Crippen molar-refractivity contribution in [3.63, 3.8) is 0 Å². The number of rotatable bonds is 10. The maximum absolute atomic E-state index is 14.4. The molecule has 14 heteroatoms. The SMILES string of the molecule is CC(=O)c1cn(CC(=O)N2C[C@H](F)C[C@H]2C(=O)NCc2cccc(Cl)c2F)c2cc(OCS(=O)(=O)N(C)C)ccc12. The first kappa shape index (κ1) is 30.4. The van der Waals surface area contributed by atoms with Crippen LogP contribution >= 0.6 is 11.6 Å². The van der Waals surface area contributed by atoms with E-state index in [9.17, 15) is 31.6 Å². The lowest BCUT2D eigenvalue weighted by molar-refractivity contribution is -0.139. The molecule has 0 radical (unpaired) electrons. The molecule has 1 fully saturated rings. The lowest BCUT2D eigenvalue weighted by atomic mass is 10.1. The number of aromatic nitrogens is 1. The highest BCUT2D eigenvalue weighted by Gasteiger charge is 2.39. The molecule has 0 saturated carbocycles. The molecule has 2 aromatic carbocycles. The van der Waals surface area contributed by atoms with Crippen molar-refractivity contribution in [2.75, 3.05) is 26.6 Å². The number of amides is 2. The molecule has 2 heterocycles. The number of hydrogen-bond donors (Lipinski definition) is 1. The molecule has 3 aromatic rings. The van der Waals surface area contributed by atoms with Gasteiger partial charge in [-0.3, -0.25) is 14.4 Å². The van der Waals surface area contributed by atoms with E-state index in [0.29, 0.717) is 16.5 Å². The van der Waals surface area contributed by atoms with Crippen LogP contribution in [0.5, 0.6) is 5.75 Å². The average Bonchev–Trinajstić information content (AvgIpc) is 3.48. The fourth-order valence-electron chi connectivity index (χ4n) is 4.55. The summed E-state index contributed by atoms with van der Waals surface area (Å²) < 4.78 is 60.8. The minimum Gasteiger partial charge on any atom is -0.476 e. The van der Waals surface area contributed by atoms with E-state index in [2.05, 4.69) is 5.32 Å². The molecule has 0 unspecified atom stereocenters. The molecule has 4 rings (SSSR count). The van der Waals surface area contributed by atoms with Crippen molar-refractivity contribution in [1.29, 1.82) is 0 Å². The van der Waals surface area contributed by atoms with Gasteiger partial charge < -0.3 is 19.5 Å². The van der Waals surface area contributed by atoms with Crippen LogP contribution in [0.25, 0.3) is 10.9 Å². The van der Waals surface area contributed by atoms with Crippen LogP contribution in [0.4, 0.5) is 8.78 Å². The van der Waals surface area contributed by atoms with E-state index in [4.69, 9.17) is 16.3 Å². The zero-order valence-corrected chi connectivity index (χ0v) is 24.1. The van der Waals surface area contributed by atoms with E-state index >= 15 is 0 Å². The lowest BCUT2D eigenvalue weighted by Crippen LogP contribution is -2.46. The van der Waals surface area contributed by atoms with Gasteiger partial charge in [-0.05, 0) is 25.1 Å². The molecule has 1 aliphatic heterocycles. The van der Waals surface area contributed by atoms with E-state index < -0.39 is 45.8 Å². The fraction of sp³-hybridized carbons (Fsp3) is 0.370. The van der Waals surface area contributed by atoms with Gasteiger partial charge in [-0.15, -0.1) is 0 Å². The molecule has 41 heavy (non-hydrogen) atoms. The summed E-state index contributed by atoms with van der Waals surface area (Å²) in [6.07, 6.45) is -0.185. The summed E-state index contributed by atoms with van der Waals surface area (Å²) in [7, 11) is -0.904. The first-order valence-electron chi connectivity index (χ1n) is 12.6. The number of nitrogens with one attached hydrogen (secondary N) is 1. The summed E-state index contributed by atoms with van der Waals surface area (Å²) in [5, 5.41) is 2.96. The molecule has 1 saturated heterocycles. The van der Waals surface area contributed by atoms with Gasteiger partial charge in [0, 0.05) is 55.8 Å². The van der Waals surface area contributed by atoms with Crippen LogP contribution in [0.15, 0.2) is 42.6 Å². The standard InChI is InChI=1S/C27H29ClF2N4O6S/c1-16(35)21-13-33(23-10-19(7-8-20(21)23)40-15-41(38,39)32(2)3)14-25(36)34-12-18(29)9-24(34)27(37)31-11-17-5-4-6-22(28)26(17)30/h4-8,10,13,18,24H,9,11-12,14-15H2,1-3H3,(H,31,37)/t18-,24+/m1/s1. The Morgan fingerprint density at radius 2 is 1.93 bits per heavy atom. The highest BCUT2D eigenvalue weighted by atomic mass is 35.5. The minimum absolute atomic E-state index is 0.102. The number of ketones is 1. The fourth-order valence-corrected chi connectivity index (χ4v) is 5.24. The smallest absolute Gasteiger partial charge is 0.248 e. The van der Waals surface area contributed by atoms with Crippen LogP contribution in [0.3, 0.4) is 0 Å². The van der Waals surface area contributed by atoms with Gasteiger partial charge in [-0.1, -0.05) is 23.7 Å². The van der Waals surface area contributed by atoms with E-state index in [0.717, 1.165) is 9.21 Å². The summed E-state index contributed by atoms with van der Waals surface area (Å²) in [5.74, 6) is -2.58. The summed E-state index contributed by atoms with van der Waals surface area (Å²) in [6, 6.07) is 7.85. The number of nitrogens with zero attached hydrogens (tertiary/aromatic N) is 3. The number of likely N-dealkylation sites (tertiary alicyclic amines) is 1. The first-order valence-corrected chi connectivity index (χ1v) is 14.6. The van der Waals surface area contributed by atoms with Gasteiger partial charge in [-0.2, -0.15) is 0 Å². The van der Waals surface area contributed by atoms with Crippen LogP contribution < -0.4 is 10.1 Å². The largest absolute Gasteiger partial charge is 0.476 e. The third kappa shape index (κ3) is 6.68. The molecule has 2 amide bonds. The van der Waals surface area contributed by atoms with Crippen molar-refractivity contribution in [1.82, 2.24) is 19.1 Å². The molecule has 1 aliphatic rings. The Balaban J connectivity index is 1.54. The second-order valence-electron chi connectivity index (χ2n) is 9.89. The Morgan fingerprint density at radius 3 is 2.61 bits per heavy atom. The number of ether oxygens (including phenoxy) is 1. The van der Waals surface area contributed by atoms with Crippen molar-refractivity contribution >= 4 is 50.1 Å². The predicted molar refractivity (Wildman–Crippen MR) is 148 cm³/mol. The van der Waals surface area contributed by atoms with Gasteiger partial charge in [0.05, 0.1) is 17.1 Å². The van der Waals surface area contributed by atoms with Gasteiger partial charge in [-0.25, -0.2) is 21.5 Å². The van der Waals surface area contributed by atoms with Gasteiger partial charge in [0.1, 0.15) is 30.3 Å². The van der Waals surface area contributed by atoms with Crippen LogP contribution in [0.1, 0.15) is 29.3 Å². The summed E-state index contributed by atoms with van der Waals surface area (Å²) in [4.78, 5) is 39.7. The molecule has 0 bridgehead atoms. The maximum atomic E-state index is 14.4. The van der Waals surface area contributed by atoms with Crippen molar-refractivity contribution in [2.45, 2.75) is 38.6 Å². The Hall–Kier alpha value is -3.55. The Bertz CT molecular complexity index is 1610. The molecule has 220 valence electrons. The molecule has 0 spiro atoms. The maximum Gasteiger partial charge on any atom is 0.248 e.